The smallest absolute Gasteiger partial charge is 0.335 e. The zero-order valence-corrected chi connectivity index (χ0v) is 16.2. The van der Waals surface area contributed by atoms with Crippen LogP contribution in [0.2, 0.25) is 0 Å². The zero-order chi connectivity index (χ0) is 20.6. The van der Waals surface area contributed by atoms with Crippen molar-refractivity contribution in [1.82, 2.24) is 4.90 Å². The summed E-state index contributed by atoms with van der Waals surface area (Å²) in [6.45, 7) is 5.14. The number of benzene rings is 2. The Hall–Kier alpha value is -2.93. The lowest BCUT2D eigenvalue weighted by molar-refractivity contribution is -0.119. The molecule has 0 unspecified atom stereocenters. The van der Waals surface area contributed by atoms with Crippen LogP contribution >= 0.6 is 0 Å². The molecule has 1 N–H and O–H groups in total. The average molecular weight is 398 g/mol. The molecule has 2 heterocycles. The quantitative estimate of drug-likeness (QED) is 0.810. The number of aromatic carboxylic acids is 1. The summed E-state index contributed by atoms with van der Waals surface area (Å²) < 4.78 is 19.1. The van der Waals surface area contributed by atoms with Crippen LogP contribution < -0.4 is 9.64 Å². The van der Waals surface area contributed by atoms with Gasteiger partial charge in [-0.05, 0) is 48.9 Å². The van der Waals surface area contributed by atoms with Crippen LogP contribution in [0, 0.1) is 11.2 Å². The third-order valence-corrected chi connectivity index (χ3v) is 5.57. The van der Waals surface area contributed by atoms with E-state index in [1.165, 1.54) is 18.2 Å². The van der Waals surface area contributed by atoms with Crippen molar-refractivity contribution >= 4 is 17.6 Å². The van der Waals surface area contributed by atoms with E-state index in [-0.39, 0.29) is 28.5 Å². The van der Waals surface area contributed by atoms with E-state index in [0.717, 1.165) is 24.3 Å². The van der Waals surface area contributed by atoms with E-state index in [1.807, 2.05) is 6.92 Å². The lowest BCUT2D eigenvalue weighted by Gasteiger charge is -2.47. The number of carbonyl (C=O) groups is 2. The summed E-state index contributed by atoms with van der Waals surface area (Å²) in [5.74, 6) is -1.01. The second-order valence-electron chi connectivity index (χ2n) is 7.85. The van der Waals surface area contributed by atoms with Gasteiger partial charge < -0.3 is 14.7 Å². The molecule has 1 spiro atoms. The maximum atomic E-state index is 13.7. The number of halogens is 1. The molecule has 4 rings (SSSR count). The lowest BCUT2D eigenvalue weighted by atomic mass is 9.78. The van der Waals surface area contributed by atoms with Crippen molar-refractivity contribution in [3.8, 4) is 5.75 Å². The van der Waals surface area contributed by atoms with Gasteiger partial charge in [-0.15, -0.1) is 0 Å². The van der Waals surface area contributed by atoms with Crippen LogP contribution in [0.4, 0.5) is 10.1 Å². The molecule has 6 nitrogen and oxygen atoms in total. The molecule has 1 amide bonds. The Kier molecular flexibility index (Phi) is 5.00. The van der Waals surface area contributed by atoms with Crippen molar-refractivity contribution in [3.63, 3.8) is 0 Å². The zero-order valence-electron chi connectivity index (χ0n) is 16.2. The highest BCUT2D eigenvalue weighted by Crippen LogP contribution is 2.42. The number of carboxylic acid groups (broad SMARTS) is 1. The maximum absolute atomic E-state index is 13.7. The number of rotatable bonds is 6. The summed E-state index contributed by atoms with van der Waals surface area (Å²) in [6.07, 6.45) is 0.484. The number of nitrogens with zero attached hydrogens (tertiary/aromatic N) is 2. The number of likely N-dealkylation sites (tertiary alicyclic amines) is 1. The van der Waals surface area contributed by atoms with Gasteiger partial charge in [-0.1, -0.05) is 6.07 Å². The summed E-state index contributed by atoms with van der Waals surface area (Å²) in [5, 5.41) is 9.02. The molecule has 0 aliphatic carbocycles. The molecular formula is C22H23FN2O4. The fraction of sp³-hybridized carbons (Fsp3) is 0.364. The van der Waals surface area contributed by atoms with Crippen molar-refractivity contribution in [2.45, 2.75) is 19.9 Å². The van der Waals surface area contributed by atoms with E-state index in [4.69, 9.17) is 9.84 Å². The Morgan fingerprint density at radius 1 is 1.17 bits per heavy atom. The lowest BCUT2D eigenvalue weighted by Crippen LogP contribution is -2.56. The van der Waals surface area contributed by atoms with Gasteiger partial charge in [-0.25, -0.2) is 9.18 Å². The number of carboxylic acids is 1. The standard InChI is InChI=1S/C22H23FN2O4/c1-2-29-19-9-15(3-8-18(19)23)11-24-12-22(13-24)10-20(26)25(14-22)17-6-4-16(5-7-17)21(27)28/h3-9H,2,10-14H2,1H3,(H,27,28). The molecule has 2 aromatic carbocycles. The van der Waals surface area contributed by atoms with Gasteiger partial charge in [-0.2, -0.15) is 0 Å². The summed E-state index contributed by atoms with van der Waals surface area (Å²) in [6, 6.07) is 11.3. The van der Waals surface area contributed by atoms with Crippen molar-refractivity contribution in [2.24, 2.45) is 5.41 Å². The van der Waals surface area contributed by atoms with Gasteiger partial charge in [0.05, 0.1) is 12.2 Å². The fourth-order valence-corrected chi connectivity index (χ4v) is 4.31. The van der Waals surface area contributed by atoms with E-state index in [0.29, 0.717) is 26.1 Å². The van der Waals surface area contributed by atoms with Crippen molar-refractivity contribution in [1.29, 1.82) is 0 Å². The topological polar surface area (TPSA) is 70.1 Å². The Balaban J connectivity index is 1.38. The summed E-state index contributed by atoms with van der Waals surface area (Å²) >= 11 is 0. The van der Waals surface area contributed by atoms with E-state index in [9.17, 15) is 14.0 Å². The minimum absolute atomic E-state index is 0.0631. The average Bonchev–Trinajstić information content (AvgIpc) is 3.02. The molecule has 2 aliphatic rings. The first-order chi connectivity index (χ1) is 13.9. The Labute approximate surface area is 168 Å². The van der Waals surface area contributed by atoms with Crippen molar-refractivity contribution in [3.05, 3.63) is 59.4 Å². The van der Waals surface area contributed by atoms with Gasteiger partial charge in [0.2, 0.25) is 5.91 Å². The molecule has 0 radical (unpaired) electrons. The van der Waals surface area contributed by atoms with Crippen LogP contribution in [0.15, 0.2) is 42.5 Å². The van der Waals surface area contributed by atoms with Gasteiger partial charge in [0.15, 0.2) is 11.6 Å². The molecule has 7 heteroatoms. The third kappa shape index (κ3) is 3.82. The molecule has 29 heavy (non-hydrogen) atoms. The van der Waals surface area contributed by atoms with Crippen molar-refractivity contribution in [2.75, 3.05) is 31.1 Å². The molecule has 2 fully saturated rings. The highest BCUT2D eigenvalue weighted by atomic mass is 19.1. The number of amides is 1. The number of carbonyl (C=O) groups excluding carboxylic acids is 1. The van der Waals surface area contributed by atoms with Gasteiger partial charge in [0.1, 0.15) is 0 Å². The normalized spacial score (nSPS) is 18.1. The maximum Gasteiger partial charge on any atom is 0.335 e. The minimum Gasteiger partial charge on any atom is -0.491 e. The van der Waals surface area contributed by atoms with Crippen LogP contribution in [0.3, 0.4) is 0 Å². The predicted molar refractivity (Wildman–Crippen MR) is 106 cm³/mol. The summed E-state index contributed by atoms with van der Waals surface area (Å²) in [5.41, 5.74) is 1.84. The third-order valence-electron chi connectivity index (χ3n) is 5.57. The summed E-state index contributed by atoms with van der Waals surface area (Å²) in [4.78, 5) is 27.5. The van der Waals surface area contributed by atoms with E-state index >= 15 is 0 Å². The highest BCUT2D eigenvalue weighted by molar-refractivity contribution is 5.97. The van der Waals surface area contributed by atoms with Crippen molar-refractivity contribution < 1.29 is 23.8 Å². The first-order valence-corrected chi connectivity index (χ1v) is 9.66. The van der Waals surface area contributed by atoms with Crippen LogP contribution in [0.1, 0.15) is 29.3 Å². The molecule has 2 saturated heterocycles. The van der Waals surface area contributed by atoms with E-state index in [2.05, 4.69) is 4.90 Å². The first kappa shape index (κ1) is 19.4. The largest absolute Gasteiger partial charge is 0.491 e. The molecule has 2 aromatic rings. The Morgan fingerprint density at radius 2 is 1.90 bits per heavy atom. The van der Waals surface area contributed by atoms with E-state index < -0.39 is 5.97 Å². The van der Waals surface area contributed by atoms with Crippen LogP contribution in [-0.2, 0) is 11.3 Å². The molecular weight excluding hydrogens is 375 g/mol. The second-order valence-corrected chi connectivity index (χ2v) is 7.85. The molecule has 0 atom stereocenters. The van der Waals surface area contributed by atoms with Crippen LogP contribution in [0.25, 0.3) is 0 Å². The Bertz CT molecular complexity index is 938. The second kappa shape index (κ2) is 7.48. The van der Waals surface area contributed by atoms with Crippen LogP contribution in [0.5, 0.6) is 5.75 Å². The first-order valence-electron chi connectivity index (χ1n) is 9.66. The molecule has 0 saturated carbocycles. The molecule has 0 bridgehead atoms. The number of ether oxygens (including phenoxy) is 1. The van der Waals surface area contributed by atoms with Gasteiger partial charge >= 0.3 is 5.97 Å². The fourth-order valence-electron chi connectivity index (χ4n) is 4.31. The summed E-state index contributed by atoms with van der Waals surface area (Å²) in [7, 11) is 0. The Morgan fingerprint density at radius 3 is 2.55 bits per heavy atom. The van der Waals surface area contributed by atoms with Gasteiger partial charge in [0, 0.05) is 43.7 Å². The SMILES string of the molecule is CCOc1cc(CN2CC3(CC(=O)N(c4ccc(C(=O)O)cc4)C3)C2)ccc1F. The predicted octanol–water partition coefficient (Wildman–Crippen LogP) is 3.16. The minimum atomic E-state index is -0.983. The molecule has 152 valence electrons. The highest BCUT2D eigenvalue weighted by Gasteiger charge is 2.51. The van der Waals surface area contributed by atoms with Crippen LogP contribution in [-0.4, -0.2) is 48.1 Å². The molecule has 0 aromatic heterocycles. The monoisotopic (exact) mass is 398 g/mol. The number of anilines is 1. The number of hydrogen-bond donors (Lipinski definition) is 1. The molecule has 2 aliphatic heterocycles. The van der Waals surface area contributed by atoms with Gasteiger partial charge in [-0.3, -0.25) is 9.69 Å². The van der Waals surface area contributed by atoms with E-state index in [1.54, 1.807) is 29.2 Å². The van der Waals surface area contributed by atoms with Gasteiger partial charge in [0.25, 0.3) is 0 Å². The number of hydrogen-bond acceptors (Lipinski definition) is 4.